The lowest BCUT2D eigenvalue weighted by molar-refractivity contribution is 0.00559. The Hall–Kier alpha value is -1.06. The number of phenols is 1. The molecule has 29 heavy (non-hydrogen) atoms. The van der Waals surface area contributed by atoms with Crippen LogP contribution in [-0.4, -0.2) is 30.5 Å². The summed E-state index contributed by atoms with van der Waals surface area (Å²) in [6.07, 6.45) is 12.4. The quantitative estimate of drug-likeness (QED) is 0.527. The maximum absolute atomic E-state index is 10.2. The van der Waals surface area contributed by atoms with Crippen LogP contribution in [0.4, 0.5) is 0 Å². The number of aliphatic hydroxyl groups is 1. The molecule has 3 nitrogen and oxygen atoms in total. The van der Waals surface area contributed by atoms with Crippen LogP contribution in [-0.2, 0) is 4.74 Å². The molecule has 3 aliphatic rings. The molecule has 0 spiro atoms. The predicted octanol–water partition coefficient (Wildman–Crippen LogP) is 5.99. The van der Waals surface area contributed by atoms with Crippen molar-refractivity contribution >= 4 is 0 Å². The van der Waals surface area contributed by atoms with Crippen molar-refractivity contribution < 1.29 is 14.9 Å². The molecule has 2 saturated carbocycles. The number of benzene rings is 1. The van der Waals surface area contributed by atoms with E-state index in [1.165, 1.54) is 68.9 Å². The van der Waals surface area contributed by atoms with E-state index in [-0.39, 0.29) is 0 Å². The average Bonchev–Trinajstić information content (AvgIpc) is 3.07. The molecule has 0 radical (unpaired) electrons. The van der Waals surface area contributed by atoms with Crippen LogP contribution in [0.1, 0.15) is 94.1 Å². The number of aliphatic hydroxyl groups excluding tert-OH is 1. The van der Waals surface area contributed by atoms with E-state index >= 15 is 0 Å². The fourth-order valence-electron chi connectivity index (χ4n) is 7.38. The highest BCUT2D eigenvalue weighted by atomic mass is 16.5. The molecular formula is C26H40O3. The minimum Gasteiger partial charge on any atom is -0.508 e. The van der Waals surface area contributed by atoms with E-state index in [9.17, 15) is 10.2 Å². The smallest absolute Gasteiger partial charge is 0.115 e. The summed E-state index contributed by atoms with van der Waals surface area (Å²) in [5.74, 6) is 3.66. The highest BCUT2D eigenvalue weighted by Gasteiger charge is 2.55. The van der Waals surface area contributed by atoms with Gasteiger partial charge in [0, 0.05) is 20.3 Å². The van der Waals surface area contributed by atoms with Gasteiger partial charge >= 0.3 is 0 Å². The molecule has 1 aromatic carbocycles. The second-order valence-corrected chi connectivity index (χ2v) is 10.3. The number of phenolic OH excluding ortho intramolecular Hbond substituents is 1. The van der Waals surface area contributed by atoms with Crippen LogP contribution in [0.15, 0.2) is 18.2 Å². The first-order chi connectivity index (χ1) is 14.1. The second kappa shape index (κ2) is 8.98. The summed E-state index contributed by atoms with van der Waals surface area (Å²) < 4.78 is 5.18. The van der Waals surface area contributed by atoms with Gasteiger partial charge in [-0.25, -0.2) is 0 Å². The summed E-state index contributed by atoms with van der Waals surface area (Å²) in [6.45, 7) is 3.70. The number of unbranched alkanes of at least 4 members (excludes halogenated alkanes) is 3. The van der Waals surface area contributed by atoms with Crippen LogP contribution in [0, 0.1) is 23.2 Å². The van der Waals surface area contributed by atoms with Crippen molar-refractivity contribution in [1.29, 1.82) is 0 Å². The monoisotopic (exact) mass is 400 g/mol. The van der Waals surface area contributed by atoms with Crippen LogP contribution in [0.3, 0.4) is 0 Å². The lowest BCUT2D eigenvalue weighted by atomic mass is 9.52. The number of rotatable bonds is 8. The maximum Gasteiger partial charge on any atom is 0.115 e. The first-order valence-electron chi connectivity index (χ1n) is 12.0. The molecule has 0 saturated heterocycles. The lowest BCUT2D eigenvalue weighted by Crippen LogP contribution is -2.43. The molecule has 0 amide bonds. The van der Waals surface area contributed by atoms with Gasteiger partial charge in [0.25, 0.3) is 0 Å². The molecule has 4 rings (SSSR count). The standard InChI is InChI=1S/C26H40O3/c1-26-13-12-22-21-10-9-20(28)16-23(21)18(7-5-3-4-6-14-29-2)15-24(22)25(26)11-8-19(26)17-27/h9-10,16,18-19,22,24-25,27-28H,3-8,11-15,17H2,1-2H3/t18-,19-,22-,24-,25+,26-/m1/s1. The number of ether oxygens (including phenoxy) is 1. The number of methoxy groups -OCH3 is 1. The number of hydrogen-bond donors (Lipinski definition) is 2. The minimum atomic E-state index is 0.328. The first-order valence-corrected chi connectivity index (χ1v) is 12.0. The molecular weight excluding hydrogens is 360 g/mol. The van der Waals surface area contributed by atoms with Crippen LogP contribution < -0.4 is 0 Å². The van der Waals surface area contributed by atoms with Crippen LogP contribution in [0.25, 0.3) is 0 Å². The van der Waals surface area contributed by atoms with Crippen molar-refractivity contribution in [3.05, 3.63) is 29.3 Å². The Labute approximate surface area is 176 Å². The Balaban J connectivity index is 1.52. The Kier molecular flexibility index (Phi) is 6.56. The maximum atomic E-state index is 10.2. The summed E-state index contributed by atoms with van der Waals surface area (Å²) in [5, 5.41) is 20.2. The SMILES string of the molecule is COCCCCCC[C@@H]1C[C@@H]2[C@H](CC[C@]3(C)[C@@H](CO)CC[C@@H]23)c2ccc(O)cc21. The minimum absolute atomic E-state index is 0.328. The van der Waals surface area contributed by atoms with E-state index in [1.54, 1.807) is 7.11 Å². The first kappa shape index (κ1) is 21.2. The van der Waals surface area contributed by atoms with Gasteiger partial charge < -0.3 is 14.9 Å². The third-order valence-electron chi connectivity index (χ3n) is 8.97. The Morgan fingerprint density at radius 2 is 1.90 bits per heavy atom. The predicted molar refractivity (Wildman–Crippen MR) is 117 cm³/mol. The van der Waals surface area contributed by atoms with E-state index in [0.717, 1.165) is 24.9 Å². The molecule has 162 valence electrons. The highest BCUT2D eigenvalue weighted by molar-refractivity contribution is 5.42. The van der Waals surface area contributed by atoms with Crippen molar-refractivity contribution in [2.24, 2.45) is 23.2 Å². The second-order valence-electron chi connectivity index (χ2n) is 10.3. The van der Waals surface area contributed by atoms with Crippen molar-refractivity contribution in [2.45, 2.75) is 83.0 Å². The Morgan fingerprint density at radius 3 is 2.69 bits per heavy atom. The van der Waals surface area contributed by atoms with Crippen LogP contribution in [0.5, 0.6) is 5.75 Å². The van der Waals surface area contributed by atoms with E-state index in [4.69, 9.17) is 4.74 Å². The van der Waals surface area contributed by atoms with Crippen molar-refractivity contribution in [2.75, 3.05) is 20.3 Å². The van der Waals surface area contributed by atoms with Gasteiger partial charge in [0.15, 0.2) is 0 Å². The largest absolute Gasteiger partial charge is 0.508 e. The van der Waals surface area contributed by atoms with Gasteiger partial charge in [-0.2, -0.15) is 0 Å². The molecule has 0 aliphatic heterocycles. The van der Waals surface area contributed by atoms with Crippen molar-refractivity contribution in [3.63, 3.8) is 0 Å². The van der Waals surface area contributed by atoms with Crippen LogP contribution >= 0.6 is 0 Å². The van der Waals surface area contributed by atoms with E-state index in [1.807, 2.05) is 6.07 Å². The molecule has 2 fully saturated rings. The van der Waals surface area contributed by atoms with Gasteiger partial charge in [0.2, 0.25) is 0 Å². The third kappa shape index (κ3) is 3.97. The molecule has 1 aromatic rings. The molecule has 0 unspecified atom stereocenters. The van der Waals surface area contributed by atoms with Crippen molar-refractivity contribution in [3.8, 4) is 5.75 Å². The molecule has 6 atom stereocenters. The summed E-state index contributed by atoms with van der Waals surface area (Å²) in [6, 6.07) is 6.20. The number of aromatic hydroxyl groups is 1. The summed E-state index contributed by atoms with van der Waals surface area (Å²) in [7, 11) is 1.78. The van der Waals surface area contributed by atoms with E-state index in [2.05, 4.69) is 19.1 Å². The van der Waals surface area contributed by atoms with Gasteiger partial charge in [-0.15, -0.1) is 0 Å². The zero-order valence-corrected chi connectivity index (χ0v) is 18.4. The summed E-state index contributed by atoms with van der Waals surface area (Å²) in [5.41, 5.74) is 3.29. The fourth-order valence-corrected chi connectivity index (χ4v) is 7.38. The van der Waals surface area contributed by atoms with Gasteiger partial charge in [0.1, 0.15) is 5.75 Å². The van der Waals surface area contributed by atoms with Crippen LogP contribution in [0.2, 0.25) is 0 Å². The molecule has 0 heterocycles. The zero-order valence-electron chi connectivity index (χ0n) is 18.4. The zero-order chi connectivity index (χ0) is 20.4. The van der Waals surface area contributed by atoms with Gasteiger partial charge in [-0.1, -0.05) is 32.3 Å². The molecule has 3 heteroatoms. The molecule has 0 aromatic heterocycles. The Morgan fingerprint density at radius 1 is 1.07 bits per heavy atom. The van der Waals surface area contributed by atoms with E-state index < -0.39 is 0 Å². The molecule has 2 N–H and O–H groups in total. The van der Waals surface area contributed by atoms with Gasteiger partial charge in [0.05, 0.1) is 0 Å². The van der Waals surface area contributed by atoms with Gasteiger partial charge in [-0.05, 0) is 103 Å². The normalized spacial score (nSPS) is 35.8. The topological polar surface area (TPSA) is 49.7 Å². The molecule has 0 bridgehead atoms. The summed E-state index contributed by atoms with van der Waals surface area (Å²) >= 11 is 0. The van der Waals surface area contributed by atoms with Gasteiger partial charge in [-0.3, -0.25) is 0 Å². The lowest BCUT2D eigenvalue weighted by Gasteiger charge is -2.52. The van der Waals surface area contributed by atoms with E-state index in [0.29, 0.717) is 35.5 Å². The number of fused-ring (bicyclic) bond motifs is 5. The molecule has 3 aliphatic carbocycles. The average molecular weight is 401 g/mol. The highest BCUT2D eigenvalue weighted by Crippen LogP contribution is 2.64. The number of hydrogen-bond acceptors (Lipinski definition) is 3. The summed E-state index contributed by atoms with van der Waals surface area (Å²) in [4.78, 5) is 0. The Bertz CT molecular complexity index is 687. The van der Waals surface area contributed by atoms with Crippen molar-refractivity contribution in [1.82, 2.24) is 0 Å². The fraction of sp³-hybridized carbons (Fsp3) is 0.769. The third-order valence-corrected chi connectivity index (χ3v) is 8.97.